The van der Waals surface area contributed by atoms with Gasteiger partial charge in [0.25, 0.3) is 0 Å². The van der Waals surface area contributed by atoms with E-state index in [1.165, 1.54) is 0 Å². The van der Waals surface area contributed by atoms with Crippen molar-refractivity contribution in [1.82, 2.24) is 0 Å². The molecule has 0 unspecified atom stereocenters. The van der Waals surface area contributed by atoms with Crippen LogP contribution in [-0.2, 0) is 11.8 Å². The molecule has 0 saturated carbocycles. The fraction of sp³-hybridized carbons (Fsp3) is 0.500. The van der Waals surface area contributed by atoms with Gasteiger partial charge in [-0.3, -0.25) is 5.41 Å². The van der Waals surface area contributed by atoms with Crippen molar-refractivity contribution in [3.8, 4) is 0 Å². The number of thiol groups is 1. The summed E-state index contributed by atoms with van der Waals surface area (Å²) in [5.74, 6) is 0.480. The monoisotopic (exact) mass is 227 g/mol. The average molecular weight is 227 g/mol. The molecule has 0 aliphatic rings. The predicted molar refractivity (Wildman–Crippen MR) is 46.7 cm³/mol. The van der Waals surface area contributed by atoms with Gasteiger partial charge in [-0.2, -0.15) is 12.6 Å². The van der Waals surface area contributed by atoms with Gasteiger partial charge < -0.3 is 20.4 Å². The van der Waals surface area contributed by atoms with Crippen molar-refractivity contribution < 1.29 is 44.2 Å². The van der Waals surface area contributed by atoms with E-state index in [4.69, 9.17) is 25.8 Å². The zero-order valence-electron chi connectivity index (χ0n) is 5.93. The van der Waals surface area contributed by atoms with E-state index in [9.17, 15) is 0 Å². The summed E-state index contributed by atoms with van der Waals surface area (Å²) in [6, 6.07) is 0. The van der Waals surface area contributed by atoms with Gasteiger partial charge >= 0.3 is 36.3 Å². The standard InChI is InChI=1S/C2H6N2S.Na.H3O3PS/c3-2(4)1-5;;1-4(2,3)5/h5H,1H2,(H3,3,4);;(H3,1,2,3,5)/q;+1;. The van der Waals surface area contributed by atoms with E-state index in [2.05, 4.69) is 24.4 Å². The van der Waals surface area contributed by atoms with Gasteiger partial charge in [-0.05, 0) is 11.8 Å². The maximum absolute atomic E-state index is 7.56. The molecule has 11 heavy (non-hydrogen) atoms. The smallest absolute Gasteiger partial charge is 0.387 e. The third kappa shape index (κ3) is 88.4. The SMILES string of the molecule is N=C(N)CS.OP(O)(O)=S.[Na+]. The van der Waals surface area contributed by atoms with Gasteiger partial charge in [0.15, 0.2) is 0 Å². The fourth-order valence-electron chi connectivity index (χ4n) is 0. The maximum Gasteiger partial charge on any atom is 1.00 e. The molecule has 62 valence electrons. The molecule has 0 aliphatic heterocycles. The van der Waals surface area contributed by atoms with Gasteiger partial charge in [-0.15, -0.1) is 0 Å². The molecule has 0 aromatic heterocycles. The molecule has 0 amide bonds. The van der Waals surface area contributed by atoms with E-state index < -0.39 is 6.72 Å². The van der Waals surface area contributed by atoms with Crippen LogP contribution in [0.3, 0.4) is 0 Å². The predicted octanol–water partition coefficient (Wildman–Crippen LogP) is -3.96. The molecule has 0 fully saturated rings. The first-order chi connectivity index (χ1) is 4.27. The molecule has 6 N–H and O–H groups in total. The quantitative estimate of drug-likeness (QED) is 0.0900. The summed E-state index contributed by atoms with van der Waals surface area (Å²) in [5.41, 5.74) is 4.80. The number of amidine groups is 1. The summed E-state index contributed by atoms with van der Waals surface area (Å²) >= 11 is 7.27. The Balaban J connectivity index is -0.000000107. The second-order valence-electron chi connectivity index (χ2n) is 1.20. The van der Waals surface area contributed by atoms with Gasteiger partial charge in [0.1, 0.15) is 5.84 Å². The largest absolute Gasteiger partial charge is 1.00 e. The minimum Gasteiger partial charge on any atom is -0.387 e. The fourth-order valence-corrected chi connectivity index (χ4v) is 0. The molecule has 0 aromatic carbocycles. The second kappa shape index (κ2) is 9.44. The van der Waals surface area contributed by atoms with E-state index in [-0.39, 0.29) is 35.4 Å². The first kappa shape index (κ1) is 18.2. The van der Waals surface area contributed by atoms with Gasteiger partial charge in [0, 0.05) is 5.75 Å². The molecule has 0 bridgehead atoms. The second-order valence-corrected chi connectivity index (χ2v) is 4.01. The Hall–Kier alpha value is 1.35. The minimum atomic E-state index is -3.81. The number of rotatable bonds is 1. The molecule has 0 radical (unpaired) electrons. The zero-order valence-corrected chi connectivity index (χ0v) is 10.5. The van der Waals surface area contributed by atoms with E-state index >= 15 is 0 Å². The van der Waals surface area contributed by atoms with Crippen LogP contribution in [0.4, 0.5) is 0 Å². The molecule has 5 nitrogen and oxygen atoms in total. The van der Waals surface area contributed by atoms with Crippen molar-refractivity contribution in [3.05, 3.63) is 0 Å². The van der Waals surface area contributed by atoms with E-state index in [1.54, 1.807) is 0 Å². The van der Waals surface area contributed by atoms with Crippen molar-refractivity contribution in [2.75, 3.05) is 5.75 Å². The normalized spacial score (nSPS) is 8.73. The zero-order chi connectivity index (χ0) is 8.78. The summed E-state index contributed by atoms with van der Waals surface area (Å²) in [6.45, 7) is -3.81. The molecular weight excluding hydrogens is 218 g/mol. The maximum atomic E-state index is 7.56. The molecule has 0 aliphatic carbocycles. The van der Waals surface area contributed by atoms with Crippen molar-refractivity contribution in [1.29, 1.82) is 5.41 Å². The summed E-state index contributed by atoms with van der Waals surface area (Å²) < 4.78 is 0. The number of hydrogen-bond acceptors (Lipinski definition) is 3. The average Bonchev–Trinajstić information content (AvgIpc) is 1.61. The van der Waals surface area contributed by atoms with Crippen LogP contribution in [0.15, 0.2) is 0 Å². The van der Waals surface area contributed by atoms with Gasteiger partial charge in [-0.25, -0.2) is 0 Å². The van der Waals surface area contributed by atoms with E-state index in [1.807, 2.05) is 0 Å². The molecule has 0 rings (SSSR count). The third-order valence-corrected chi connectivity index (χ3v) is 0.511. The van der Waals surface area contributed by atoms with E-state index in [0.29, 0.717) is 5.75 Å². The molecule has 0 aromatic rings. The molecule has 0 atom stereocenters. The first-order valence-electron chi connectivity index (χ1n) is 1.99. The molecule has 0 spiro atoms. The topological polar surface area (TPSA) is 111 Å². The van der Waals surface area contributed by atoms with Crippen molar-refractivity contribution in [3.63, 3.8) is 0 Å². The molecule has 0 heterocycles. The van der Waals surface area contributed by atoms with Crippen LogP contribution in [-0.4, -0.2) is 26.3 Å². The van der Waals surface area contributed by atoms with Gasteiger partial charge in [0.05, 0.1) is 0 Å². The third-order valence-electron chi connectivity index (χ3n) is 0.170. The van der Waals surface area contributed by atoms with E-state index in [0.717, 1.165) is 0 Å². The van der Waals surface area contributed by atoms with Crippen molar-refractivity contribution in [2.24, 2.45) is 5.73 Å². The number of nitrogens with one attached hydrogen (secondary N) is 1. The Morgan fingerprint density at radius 1 is 1.55 bits per heavy atom. The summed E-state index contributed by atoms with van der Waals surface area (Å²) in [6.07, 6.45) is 0. The van der Waals surface area contributed by atoms with Crippen LogP contribution in [0.25, 0.3) is 0 Å². The first-order valence-corrected chi connectivity index (χ1v) is 5.28. The van der Waals surface area contributed by atoms with Crippen LogP contribution < -0.4 is 35.3 Å². The van der Waals surface area contributed by atoms with Crippen LogP contribution in [0, 0.1) is 5.41 Å². The molecule has 0 saturated heterocycles. The Kier molecular flexibility index (Phi) is 15.6. The van der Waals surface area contributed by atoms with Crippen LogP contribution >= 0.6 is 19.3 Å². The van der Waals surface area contributed by atoms with Crippen LogP contribution in [0.2, 0.25) is 0 Å². The van der Waals surface area contributed by atoms with Crippen LogP contribution in [0.1, 0.15) is 0 Å². The number of hydrogen-bond donors (Lipinski definition) is 6. The molecular formula is C2H9N2NaO3PS2+. The molecule has 9 heteroatoms. The summed E-state index contributed by atoms with van der Waals surface area (Å²) in [4.78, 5) is 22.7. The van der Waals surface area contributed by atoms with Gasteiger partial charge in [-0.1, -0.05) is 0 Å². The Morgan fingerprint density at radius 2 is 1.64 bits per heavy atom. The minimum absolute atomic E-state index is 0. The summed E-state index contributed by atoms with van der Waals surface area (Å²) in [7, 11) is 0. The Bertz CT molecular complexity index is 142. The Morgan fingerprint density at radius 3 is 1.64 bits per heavy atom. The number of nitrogens with two attached hydrogens (primary N) is 1. The van der Waals surface area contributed by atoms with Gasteiger partial charge in [0.2, 0.25) is 0 Å². The van der Waals surface area contributed by atoms with Crippen molar-refractivity contribution in [2.45, 2.75) is 0 Å². The van der Waals surface area contributed by atoms with Crippen LogP contribution in [0.5, 0.6) is 0 Å². The summed E-state index contributed by atoms with van der Waals surface area (Å²) in [5, 5.41) is 6.44. The van der Waals surface area contributed by atoms with Crippen molar-refractivity contribution >= 4 is 37.0 Å². The Labute approximate surface area is 97.5 Å².